The molecule has 176 valence electrons. The van der Waals surface area contributed by atoms with E-state index in [0.717, 1.165) is 48.6 Å². The smallest absolute Gasteiger partial charge is 0.208 e. The number of piperidine rings is 1. The number of hydrogen-bond acceptors (Lipinski definition) is 7. The lowest BCUT2D eigenvalue weighted by molar-refractivity contribution is 0.106. The van der Waals surface area contributed by atoms with Gasteiger partial charge in [-0.25, -0.2) is 17.8 Å². The van der Waals surface area contributed by atoms with Crippen molar-refractivity contribution < 1.29 is 13.2 Å². The third-order valence-electron chi connectivity index (χ3n) is 5.75. The Kier molecular flexibility index (Phi) is 7.23. The Morgan fingerprint density at radius 2 is 1.88 bits per heavy atom. The van der Waals surface area contributed by atoms with E-state index in [-0.39, 0.29) is 6.04 Å². The molecule has 1 N–H and O–H groups in total. The largest absolute Gasteiger partial charge is 0.497 e. The fraction of sp³-hybridized carbons (Fsp3) is 0.409. The van der Waals surface area contributed by atoms with Gasteiger partial charge in [0.25, 0.3) is 0 Å². The van der Waals surface area contributed by atoms with Gasteiger partial charge < -0.3 is 4.74 Å². The molecule has 0 spiro atoms. The summed E-state index contributed by atoms with van der Waals surface area (Å²) in [6.07, 6.45) is 7.69. The molecule has 1 saturated heterocycles. The van der Waals surface area contributed by atoms with Crippen LogP contribution >= 0.6 is 12.2 Å². The second-order valence-electron chi connectivity index (χ2n) is 8.10. The van der Waals surface area contributed by atoms with Crippen molar-refractivity contribution in [3.63, 3.8) is 0 Å². The molecular formula is C22H28N6O3S2. The molecule has 3 aromatic rings. The van der Waals surface area contributed by atoms with Crippen LogP contribution in [0, 0.1) is 4.77 Å². The van der Waals surface area contributed by atoms with E-state index in [9.17, 15) is 8.42 Å². The third-order valence-corrected chi connectivity index (χ3v) is 6.84. The highest BCUT2D eigenvalue weighted by atomic mass is 32.2. The summed E-state index contributed by atoms with van der Waals surface area (Å²) in [5.74, 6) is 1.48. The lowest BCUT2D eigenvalue weighted by Crippen LogP contribution is -2.47. The van der Waals surface area contributed by atoms with Gasteiger partial charge in [0.15, 0.2) is 5.82 Å². The molecule has 1 aliphatic rings. The van der Waals surface area contributed by atoms with Crippen LogP contribution in [0.3, 0.4) is 0 Å². The number of aromatic nitrogens is 4. The van der Waals surface area contributed by atoms with E-state index in [4.69, 9.17) is 22.1 Å². The number of nitrogens with zero attached hydrogens (tertiary/aromatic N) is 5. The van der Waals surface area contributed by atoms with E-state index in [1.807, 2.05) is 45.6 Å². The first-order chi connectivity index (χ1) is 15.9. The molecule has 0 amide bonds. The summed E-state index contributed by atoms with van der Waals surface area (Å²) in [7, 11) is -1.61. The summed E-state index contributed by atoms with van der Waals surface area (Å²) in [6.45, 7) is 1.72. The van der Waals surface area contributed by atoms with Crippen LogP contribution in [0.2, 0.25) is 0 Å². The highest BCUT2D eigenvalue weighted by Crippen LogP contribution is 2.25. The van der Waals surface area contributed by atoms with E-state index in [1.165, 1.54) is 6.26 Å². The van der Waals surface area contributed by atoms with Gasteiger partial charge in [-0.3, -0.25) is 14.5 Å². The number of ether oxygens (including phenoxy) is 1. The zero-order valence-corrected chi connectivity index (χ0v) is 20.3. The molecule has 33 heavy (non-hydrogen) atoms. The number of likely N-dealkylation sites (tertiary alicyclic amines) is 1. The number of benzene rings is 1. The van der Waals surface area contributed by atoms with Crippen molar-refractivity contribution in [2.45, 2.75) is 32.0 Å². The fourth-order valence-electron chi connectivity index (χ4n) is 4.05. The molecule has 4 rings (SSSR count). The molecule has 1 fully saturated rings. The summed E-state index contributed by atoms with van der Waals surface area (Å²) in [6, 6.07) is 11.6. The van der Waals surface area contributed by atoms with Gasteiger partial charge in [0.1, 0.15) is 5.75 Å². The van der Waals surface area contributed by atoms with Gasteiger partial charge in [0, 0.05) is 37.1 Å². The molecule has 2 aromatic heterocycles. The second kappa shape index (κ2) is 10.1. The van der Waals surface area contributed by atoms with Crippen LogP contribution in [-0.2, 0) is 16.7 Å². The fourth-order valence-corrected chi connectivity index (χ4v) is 4.83. The molecule has 0 unspecified atom stereocenters. The maximum Gasteiger partial charge on any atom is 0.208 e. The predicted octanol–water partition coefficient (Wildman–Crippen LogP) is 2.84. The zero-order valence-electron chi connectivity index (χ0n) is 18.7. The average molecular weight is 489 g/mol. The molecule has 11 heteroatoms. The van der Waals surface area contributed by atoms with Crippen molar-refractivity contribution in [1.82, 2.24) is 29.0 Å². The molecule has 1 atom stereocenters. The van der Waals surface area contributed by atoms with Crippen LogP contribution in [-0.4, -0.2) is 65.1 Å². The molecular weight excluding hydrogens is 460 g/mol. The summed E-state index contributed by atoms with van der Waals surface area (Å²) >= 11 is 5.87. The molecule has 1 aliphatic heterocycles. The summed E-state index contributed by atoms with van der Waals surface area (Å²) in [5, 5.41) is 4.87. The molecule has 0 bridgehead atoms. The Balaban J connectivity index is 1.70. The van der Waals surface area contributed by atoms with Crippen molar-refractivity contribution in [3.05, 3.63) is 53.6 Å². The number of methoxy groups -OCH3 is 1. The molecule has 3 heterocycles. The predicted molar refractivity (Wildman–Crippen MR) is 129 cm³/mol. The van der Waals surface area contributed by atoms with E-state index in [0.29, 0.717) is 18.0 Å². The maximum atomic E-state index is 11.6. The second-order valence-corrected chi connectivity index (χ2v) is 10.3. The van der Waals surface area contributed by atoms with Gasteiger partial charge in [-0.05, 0) is 61.5 Å². The lowest BCUT2D eigenvalue weighted by Gasteiger charge is -2.35. The minimum absolute atomic E-state index is 0.0888. The third kappa shape index (κ3) is 5.67. The first-order valence-electron chi connectivity index (χ1n) is 10.8. The first-order valence-corrected chi connectivity index (χ1v) is 13.1. The van der Waals surface area contributed by atoms with Crippen LogP contribution in [0.25, 0.3) is 17.1 Å². The van der Waals surface area contributed by atoms with Crippen LogP contribution in [0.5, 0.6) is 5.75 Å². The zero-order chi connectivity index (χ0) is 23.4. The molecule has 1 aromatic carbocycles. The highest BCUT2D eigenvalue weighted by molar-refractivity contribution is 7.88. The number of pyridine rings is 1. The Morgan fingerprint density at radius 3 is 2.55 bits per heavy atom. The molecule has 0 saturated carbocycles. The summed E-state index contributed by atoms with van der Waals surface area (Å²) in [5.41, 5.74) is 1.78. The molecule has 0 radical (unpaired) electrons. The minimum Gasteiger partial charge on any atom is -0.497 e. The SMILES string of the molecule is COc1ccc(-n2c(-c3ccncc3)nn(CN3CCCC[C@H]3CNS(C)(=O)=O)c2=S)cc1. The lowest BCUT2D eigenvalue weighted by atomic mass is 10.0. The van der Waals surface area contributed by atoms with Gasteiger partial charge in [-0.15, -0.1) is 5.10 Å². The molecule has 9 nitrogen and oxygen atoms in total. The Bertz CT molecular complexity index is 1240. The van der Waals surface area contributed by atoms with Crippen LogP contribution in [0.4, 0.5) is 0 Å². The van der Waals surface area contributed by atoms with Crippen molar-refractivity contribution in [3.8, 4) is 22.8 Å². The van der Waals surface area contributed by atoms with E-state index < -0.39 is 10.0 Å². The normalized spacial score (nSPS) is 17.2. The van der Waals surface area contributed by atoms with Gasteiger partial charge in [-0.1, -0.05) is 6.42 Å². The van der Waals surface area contributed by atoms with Crippen molar-refractivity contribution in [1.29, 1.82) is 0 Å². The first kappa shape index (κ1) is 23.6. The minimum atomic E-state index is -3.25. The van der Waals surface area contributed by atoms with Crippen molar-refractivity contribution in [2.75, 3.05) is 26.5 Å². The van der Waals surface area contributed by atoms with E-state index in [2.05, 4.69) is 14.6 Å². The van der Waals surface area contributed by atoms with E-state index >= 15 is 0 Å². The topological polar surface area (TPSA) is 94.3 Å². The van der Waals surface area contributed by atoms with Gasteiger partial charge in [0.05, 0.1) is 25.7 Å². The highest BCUT2D eigenvalue weighted by Gasteiger charge is 2.25. The summed E-state index contributed by atoms with van der Waals surface area (Å²) in [4.78, 5) is 6.37. The summed E-state index contributed by atoms with van der Waals surface area (Å²) < 4.78 is 35.5. The van der Waals surface area contributed by atoms with Crippen LogP contribution < -0.4 is 9.46 Å². The number of rotatable bonds is 8. The van der Waals surface area contributed by atoms with Crippen LogP contribution in [0.1, 0.15) is 19.3 Å². The van der Waals surface area contributed by atoms with Gasteiger partial charge in [0.2, 0.25) is 14.8 Å². The maximum absolute atomic E-state index is 11.6. The standard InChI is InChI=1S/C22H28N6O3S2/c1-31-20-8-6-18(7-9-20)28-21(17-10-12-23-13-11-17)25-27(22(28)32)16-26-14-4-3-5-19(26)15-24-33(2,29)30/h6-13,19,24H,3-5,14-16H2,1-2H3/t19-/m0/s1. The van der Waals surface area contributed by atoms with E-state index in [1.54, 1.807) is 19.5 Å². The van der Waals surface area contributed by atoms with Gasteiger partial charge >= 0.3 is 0 Å². The number of sulfonamides is 1. The molecule has 0 aliphatic carbocycles. The van der Waals surface area contributed by atoms with Crippen LogP contribution in [0.15, 0.2) is 48.8 Å². The van der Waals surface area contributed by atoms with Crippen molar-refractivity contribution in [2.24, 2.45) is 0 Å². The van der Waals surface area contributed by atoms with Gasteiger partial charge in [-0.2, -0.15) is 0 Å². The van der Waals surface area contributed by atoms with Crippen molar-refractivity contribution >= 4 is 22.2 Å². The monoisotopic (exact) mass is 488 g/mol. The number of nitrogens with one attached hydrogen (secondary N) is 1. The quantitative estimate of drug-likeness (QED) is 0.487. The Morgan fingerprint density at radius 1 is 1.15 bits per heavy atom. The number of hydrogen-bond donors (Lipinski definition) is 1. The Labute approximate surface area is 199 Å². The Hall–Kier alpha value is -2.60. The average Bonchev–Trinajstić information content (AvgIpc) is 3.14.